The van der Waals surface area contributed by atoms with Gasteiger partial charge in [-0.3, -0.25) is 4.79 Å². The maximum atomic E-state index is 10.5. The summed E-state index contributed by atoms with van der Waals surface area (Å²) < 4.78 is 0. The number of nitrogens with one attached hydrogen (secondary N) is 1. The molecule has 1 aliphatic carbocycles. The van der Waals surface area contributed by atoms with Crippen molar-refractivity contribution in [2.24, 2.45) is 11.1 Å². The summed E-state index contributed by atoms with van der Waals surface area (Å²) in [5.41, 5.74) is 5.82. The van der Waals surface area contributed by atoms with Gasteiger partial charge in [-0.05, 0) is 24.7 Å². The molecular formula is C11H22N2O2. The molecule has 0 spiro atoms. The van der Waals surface area contributed by atoms with Gasteiger partial charge in [-0.25, -0.2) is 0 Å². The first-order valence-electron chi connectivity index (χ1n) is 5.79. The quantitative estimate of drug-likeness (QED) is 0.615. The van der Waals surface area contributed by atoms with Gasteiger partial charge in [0.2, 0.25) is 0 Å². The number of rotatable bonds is 6. The van der Waals surface area contributed by atoms with Crippen LogP contribution in [0.2, 0.25) is 0 Å². The summed E-state index contributed by atoms with van der Waals surface area (Å²) in [6, 6.07) is -0.777. The zero-order valence-electron chi connectivity index (χ0n) is 9.46. The molecule has 4 nitrogen and oxygen atoms in total. The van der Waals surface area contributed by atoms with E-state index in [4.69, 9.17) is 10.8 Å². The SMILES string of the molecule is CCC1(CNCC(N)C(=O)O)CCCC1. The minimum atomic E-state index is -0.931. The summed E-state index contributed by atoms with van der Waals surface area (Å²) in [5.74, 6) is -0.931. The fourth-order valence-corrected chi connectivity index (χ4v) is 2.36. The van der Waals surface area contributed by atoms with Gasteiger partial charge in [0.25, 0.3) is 0 Å². The summed E-state index contributed by atoms with van der Waals surface area (Å²) in [6.45, 7) is 3.49. The van der Waals surface area contributed by atoms with Crippen LogP contribution in [0.25, 0.3) is 0 Å². The van der Waals surface area contributed by atoms with Gasteiger partial charge in [0.05, 0.1) is 0 Å². The summed E-state index contributed by atoms with van der Waals surface area (Å²) >= 11 is 0. The Kier molecular flexibility index (Phi) is 4.54. The molecule has 1 saturated carbocycles. The Hall–Kier alpha value is -0.610. The minimum absolute atomic E-state index is 0.372. The molecule has 15 heavy (non-hydrogen) atoms. The number of carboxylic acid groups (broad SMARTS) is 1. The standard InChI is InChI=1S/C11H22N2O2/c1-2-11(5-3-4-6-11)8-13-7-9(12)10(14)15/h9,13H,2-8,12H2,1H3,(H,14,15). The predicted octanol–water partition coefficient (Wildman–Crippen LogP) is 0.958. The van der Waals surface area contributed by atoms with Gasteiger partial charge in [0, 0.05) is 13.1 Å². The largest absolute Gasteiger partial charge is 0.480 e. The molecule has 1 aliphatic rings. The van der Waals surface area contributed by atoms with E-state index in [0.29, 0.717) is 12.0 Å². The molecule has 0 saturated heterocycles. The third kappa shape index (κ3) is 3.47. The number of carboxylic acids is 1. The third-order valence-corrected chi connectivity index (χ3v) is 3.60. The fourth-order valence-electron chi connectivity index (χ4n) is 2.36. The Bertz CT molecular complexity index is 213. The highest BCUT2D eigenvalue weighted by atomic mass is 16.4. The molecule has 4 heteroatoms. The molecule has 0 aromatic carbocycles. The third-order valence-electron chi connectivity index (χ3n) is 3.60. The van der Waals surface area contributed by atoms with E-state index in [-0.39, 0.29) is 0 Å². The molecule has 1 unspecified atom stereocenters. The molecule has 0 heterocycles. The van der Waals surface area contributed by atoms with Crippen LogP contribution >= 0.6 is 0 Å². The molecule has 0 aromatic rings. The number of aliphatic carboxylic acids is 1. The maximum absolute atomic E-state index is 10.5. The van der Waals surface area contributed by atoms with Gasteiger partial charge in [0.15, 0.2) is 0 Å². The topological polar surface area (TPSA) is 75.3 Å². The number of hydrogen-bond donors (Lipinski definition) is 3. The molecule has 88 valence electrons. The van der Waals surface area contributed by atoms with Crippen molar-refractivity contribution in [1.29, 1.82) is 0 Å². The highest BCUT2D eigenvalue weighted by Crippen LogP contribution is 2.40. The van der Waals surface area contributed by atoms with E-state index < -0.39 is 12.0 Å². The second-order valence-electron chi connectivity index (χ2n) is 4.64. The van der Waals surface area contributed by atoms with Crippen molar-refractivity contribution in [3.05, 3.63) is 0 Å². The van der Waals surface area contributed by atoms with Gasteiger partial charge >= 0.3 is 5.97 Å². The molecule has 1 rings (SSSR count). The molecular weight excluding hydrogens is 192 g/mol. The van der Waals surface area contributed by atoms with Crippen molar-refractivity contribution < 1.29 is 9.90 Å². The minimum Gasteiger partial charge on any atom is -0.480 e. The van der Waals surface area contributed by atoms with Gasteiger partial charge in [-0.15, -0.1) is 0 Å². The first-order chi connectivity index (χ1) is 7.09. The Morgan fingerprint density at radius 2 is 2.13 bits per heavy atom. The van der Waals surface area contributed by atoms with Crippen molar-refractivity contribution in [3.8, 4) is 0 Å². The van der Waals surface area contributed by atoms with E-state index >= 15 is 0 Å². The smallest absolute Gasteiger partial charge is 0.321 e. The fraction of sp³-hybridized carbons (Fsp3) is 0.909. The summed E-state index contributed by atoms with van der Waals surface area (Å²) in [5, 5.41) is 11.8. The zero-order chi connectivity index (χ0) is 11.3. The van der Waals surface area contributed by atoms with Crippen LogP contribution in [0.4, 0.5) is 0 Å². The summed E-state index contributed by atoms with van der Waals surface area (Å²) in [6.07, 6.45) is 6.31. The second-order valence-corrected chi connectivity index (χ2v) is 4.64. The number of carbonyl (C=O) groups is 1. The molecule has 1 atom stereocenters. The van der Waals surface area contributed by atoms with Crippen LogP contribution in [0.3, 0.4) is 0 Å². The van der Waals surface area contributed by atoms with Crippen LogP contribution in [0.5, 0.6) is 0 Å². The van der Waals surface area contributed by atoms with Crippen LogP contribution in [0.15, 0.2) is 0 Å². The van der Waals surface area contributed by atoms with Crippen molar-refractivity contribution in [1.82, 2.24) is 5.32 Å². The molecule has 0 amide bonds. The van der Waals surface area contributed by atoms with E-state index in [9.17, 15) is 4.79 Å². The molecule has 0 bridgehead atoms. The number of nitrogens with two attached hydrogens (primary N) is 1. The number of hydrogen-bond acceptors (Lipinski definition) is 3. The Balaban J connectivity index is 2.26. The lowest BCUT2D eigenvalue weighted by Gasteiger charge is -2.28. The first-order valence-corrected chi connectivity index (χ1v) is 5.79. The lowest BCUT2D eigenvalue weighted by Crippen LogP contribution is -2.43. The normalized spacial score (nSPS) is 21.5. The van der Waals surface area contributed by atoms with Crippen molar-refractivity contribution >= 4 is 5.97 Å². The monoisotopic (exact) mass is 214 g/mol. The van der Waals surface area contributed by atoms with Gasteiger partial charge in [0.1, 0.15) is 6.04 Å². The summed E-state index contributed by atoms with van der Waals surface area (Å²) in [7, 11) is 0. The molecule has 0 aliphatic heterocycles. The van der Waals surface area contributed by atoms with Crippen LogP contribution in [0, 0.1) is 5.41 Å². The van der Waals surface area contributed by atoms with Crippen molar-refractivity contribution in [3.63, 3.8) is 0 Å². The van der Waals surface area contributed by atoms with E-state index in [1.807, 2.05) is 0 Å². The van der Waals surface area contributed by atoms with E-state index in [0.717, 1.165) is 6.54 Å². The lowest BCUT2D eigenvalue weighted by molar-refractivity contribution is -0.138. The average molecular weight is 214 g/mol. The van der Waals surface area contributed by atoms with E-state index in [2.05, 4.69) is 12.2 Å². The average Bonchev–Trinajstić information content (AvgIpc) is 2.67. The van der Waals surface area contributed by atoms with Gasteiger partial charge in [-0.2, -0.15) is 0 Å². The van der Waals surface area contributed by atoms with Crippen LogP contribution in [-0.4, -0.2) is 30.2 Å². The van der Waals surface area contributed by atoms with Gasteiger partial charge in [-0.1, -0.05) is 19.8 Å². The van der Waals surface area contributed by atoms with Crippen molar-refractivity contribution in [2.45, 2.75) is 45.1 Å². The Morgan fingerprint density at radius 1 is 1.53 bits per heavy atom. The predicted molar refractivity (Wildman–Crippen MR) is 59.7 cm³/mol. The van der Waals surface area contributed by atoms with Crippen LogP contribution in [-0.2, 0) is 4.79 Å². The second kappa shape index (κ2) is 5.47. The summed E-state index contributed by atoms with van der Waals surface area (Å²) in [4.78, 5) is 10.5. The van der Waals surface area contributed by atoms with Crippen LogP contribution in [0.1, 0.15) is 39.0 Å². The van der Waals surface area contributed by atoms with E-state index in [1.165, 1.54) is 32.1 Å². The molecule has 0 radical (unpaired) electrons. The highest BCUT2D eigenvalue weighted by Gasteiger charge is 2.31. The first kappa shape index (κ1) is 12.5. The van der Waals surface area contributed by atoms with E-state index in [1.54, 1.807) is 0 Å². The Morgan fingerprint density at radius 3 is 2.60 bits per heavy atom. The zero-order valence-corrected chi connectivity index (χ0v) is 9.46. The van der Waals surface area contributed by atoms with Gasteiger partial charge < -0.3 is 16.2 Å². The maximum Gasteiger partial charge on any atom is 0.321 e. The molecule has 0 aromatic heterocycles. The van der Waals surface area contributed by atoms with Crippen molar-refractivity contribution in [2.75, 3.05) is 13.1 Å². The molecule has 4 N–H and O–H groups in total. The molecule has 1 fully saturated rings. The van der Waals surface area contributed by atoms with Crippen LogP contribution < -0.4 is 11.1 Å². The Labute approximate surface area is 91.2 Å². The lowest BCUT2D eigenvalue weighted by atomic mass is 9.83. The highest BCUT2D eigenvalue weighted by molar-refractivity contribution is 5.73.